The molecule has 0 radical (unpaired) electrons. The van der Waals surface area contributed by atoms with Gasteiger partial charge in [-0.2, -0.15) is 0 Å². The second-order valence-corrected chi connectivity index (χ2v) is 6.16. The van der Waals surface area contributed by atoms with E-state index in [1.54, 1.807) is 17.0 Å². The van der Waals surface area contributed by atoms with Crippen molar-refractivity contribution in [2.75, 3.05) is 18.0 Å². The van der Waals surface area contributed by atoms with Crippen molar-refractivity contribution in [2.24, 2.45) is 5.73 Å². The summed E-state index contributed by atoms with van der Waals surface area (Å²) >= 11 is 0. The smallest absolute Gasteiger partial charge is 0.293 e. The van der Waals surface area contributed by atoms with Crippen LogP contribution in [-0.4, -0.2) is 28.7 Å². The summed E-state index contributed by atoms with van der Waals surface area (Å²) < 4.78 is 1.75. The van der Waals surface area contributed by atoms with Gasteiger partial charge in [-0.3, -0.25) is 4.79 Å². The van der Waals surface area contributed by atoms with Gasteiger partial charge in [0.25, 0.3) is 5.56 Å². The monoisotopic (exact) mass is 264 g/mol. The van der Waals surface area contributed by atoms with Crippen LogP contribution in [0.1, 0.15) is 40.0 Å². The summed E-state index contributed by atoms with van der Waals surface area (Å²) in [5, 5.41) is 0. The molecule has 1 saturated carbocycles. The fourth-order valence-electron chi connectivity index (χ4n) is 2.43. The van der Waals surface area contributed by atoms with Crippen molar-refractivity contribution in [2.45, 2.75) is 51.6 Å². The van der Waals surface area contributed by atoms with E-state index >= 15 is 0 Å². The van der Waals surface area contributed by atoms with Gasteiger partial charge < -0.3 is 15.2 Å². The predicted molar refractivity (Wildman–Crippen MR) is 77.5 cm³/mol. The maximum atomic E-state index is 12.6. The molecule has 0 amide bonds. The van der Waals surface area contributed by atoms with Crippen molar-refractivity contribution in [3.05, 3.63) is 22.7 Å². The minimum Gasteiger partial charge on any atom is -0.348 e. The van der Waals surface area contributed by atoms with Crippen molar-refractivity contribution in [1.29, 1.82) is 0 Å². The van der Waals surface area contributed by atoms with Gasteiger partial charge in [0.05, 0.1) is 0 Å². The molecule has 106 valence electrons. The maximum absolute atomic E-state index is 12.6. The standard InChI is InChI=1S/C14H24N4O/c1-14(2,3)18-10-8-16-12(13(18)19)17(9-7-15)11-5-4-6-11/h8,10-11H,4-7,9,15H2,1-3H3. The van der Waals surface area contributed by atoms with E-state index in [1.807, 2.05) is 20.8 Å². The third-order valence-electron chi connectivity index (χ3n) is 3.70. The lowest BCUT2D eigenvalue weighted by atomic mass is 9.91. The number of nitrogens with zero attached hydrogens (tertiary/aromatic N) is 3. The van der Waals surface area contributed by atoms with Gasteiger partial charge in [0.15, 0.2) is 5.82 Å². The molecule has 2 rings (SSSR count). The minimum atomic E-state index is -0.233. The summed E-state index contributed by atoms with van der Waals surface area (Å²) in [6.07, 6.45) is 6.96. The molecule has 0 atom stereocenters. The molecule has 1 aliphatic rings. The molecule has 1 aliphatic carbocycles. The van der Waals surface area contributed by atoms with E-state index < -0.39 is 0 Å². The van der Waals surface area contributed by atoms with E-state index in [9.17, 15) is 4.79 Å². The molecule has 0 aliphatic heterocycles. The average molecular weight is 264 g/mol. The highest BCUT2D eigenvalue weighted by Gasteiger charge is 2.28. The first-order chi connectivity index (χ1) is 8.95. The zero-order valence-electron chi connectivity index (χ0n) is 12.1. The molecule has 2 N–H and O–H groups in total. The van der Waals surface area contributed by atoms with Crippen LogP contribution in [0.4, 0.5) is 5.82 Å². The number of rotatable bonds is 4. The number of hydrogen-bond acceptors (Lipinski definition) is 4. The van der Waals surface area contributed by atoms with E-state index in [1.165, 1.54) is 6.42 Å². The molecule has 5 nitrogen and oxygen atoms in total. The summed E-state index contributed by atoms with van der Waals surface area (Å²) in [6, 6.07) is 0.430. The van der Waals surface area contributed by atoms with Crippen molar-refractivity contribution < 1.29 is 0 Å². The summed E-state index contributed by atoms with van der Waals surface area (Å²) in [7, 11) is 0. The van der Waals surface area contributed by atoms with Crippen LogP contribution >= 0.6 is 0 Å². The molecule has 1 heterocycles. The second-order valence-electron chi connectivity index (χ2n) is 6.16. The summed E-state index contributed by atoms with van der Waals surface area (Å²) in [5.74, 6) is 0.549. The third kappa shape index (κ3) is 2.81. The van der Waals surface area contributed by atoms with Crippen LogP contribution in [0.2, 0.25) is 0 Å². The molecule has 19 heavy (non-hydrogen) atoms. The molecule has 0 bridgehead atoms. The molecule has 1 aromatic heterocycles. The molecule has 0 spiro atoms. The zero-order chi connectivity index (χ0) is 14.0. The summed E-state index contributed by atoms with van der Waals surface area (Å²) in [5.41, 5.74) is 5.43. The van der Waals surface area contributed by atoms with Gasteiger partial charge in [-0.05, 0) is 40.0 Å². The molecule has 0 unspecified atom stereocenters. The van der Waals surface area contributed by atoms with Crippen LogP contribution in [0.3, 0.4) is 0 Å². The fraction of sp³-hybridized carbons (Fsp3) is 0.714. The highest BCUT2D eigenvalue weighted by Crippen LogP contribution is 2.26. The van der Waals surface area contributed by atoms with E-state index in [2.05, 4.69) is 9.88 Å². The molecule has 1 aromatic rings. The van der Waals surface area contributed by atoms with Crippen molar-refractivity contribution in [3.8, 4) is 0 Å². The zero-order valence-corrected chi connectivity index (χ0v) is 12.1. The van der Waals surface area contributed by atoms with E-state index in [0.717, 1.165) is 12.8 Å². The molecule has 0 aromatic carbocycles. The molecule has 0 saturated heterocycles. The highest BCUT2D eigenvalue weighted by molar-refractivity contribution is 5.38. The van der Waals surface area contributed by atoms with Gasteiger partial charge in [-0.1, -0.05) is 0 Å². The van der Waals surface area contributed by atoms with Crippen LogP contribution in [0.5, 0.6) is 0 Å². The third-order valence-corrected chi connectivity index (χ3v) is 3.70. The normalized spacial score (nSPS) is 16.2. The Labute approximate surface area is 114 Å². The van der Waals surface area contributed by atoms with E-state index in [0.29, 0.717) is 24.9 Å². The predicted octanol–water partition coefficient (Wildman–Crippen LogP) is 1.32. The van der Waals surface area contributed by atoms with Gasteiger partial charge in [0.2, 0.25) is 0 Å². The number of nitrogens with two attached hydrogens (primary N) is 1. The SMILES string of the molecule is CC(C)(C)n1ccnc(N(CCN)C2CCC2)c1=O. The van der Waals surface area contributed by atoms with Crippen molar-refractivity contribution in [3.63, 3.8) is 0 Å². The Bertz CT molecular complexity index is 485. The van der Waals surface area contributed by atoms with Crippen molar-refractivity contribution >= 4 is 5.82 Å². The van der Waals surface area contributed by atoms with E-state index in [4.69, 9.17) is 5.73 Å². The Morgan fingerprint density at radius 1 is 1.47 bits per heavy atom. The number of aromatic nitrogens is 2. The Kier molecular flexibility index (Phi) is 3.94. The Morgan fingerprint density at radius 3 is 2.63 bits per heavy atom. The average Bonchev–Trinajstić information content (AvgIpc) is 2.25. The Balaban J connectivity index is 2.40. The van der Waals surface area contributed by atoms with Gasteiger partial charge >= 0.3 is 0 Å². The first kappa shape index (κ1) is 14.1. The van der Waals surface area contributed by atoms with Crippen LogP contribution in [-0.2, 0) is 5.54 Å². The lowest BCUT2D eigenvalue weighted by Gasteiger charge is -2.38. The van der Waals surface area contributed by atoms with Gasteiger partial charge in [-0.25, -0.2) is 4.98 Å². The fourth-order valence-corrected chi connectivity index (χ4v) is 2.43. The summed E-state index contributed by atoms with van der Waals surface area (Å²) in [4.78, 5) is 19.0. The Morgan fingerprint density at radius 2 is 2.16 bits per heavy atom. The molecular formula is C14H24N4O. The maximum Gasteiger partial charge on any atom is 0.293 e. The summed E-state index contributed by atoms with van der Waals surface area (Å²) in [6.45, 7) is 7.31. The first-order valence-corrected chi connectivity index (χ1v) is 7.00. The van der Waals surface area contributed by atoms with Crippen LogP contribution in [0.25, 0.3) is 0 Å². The minimum absolute atomic E-state index is 0.0182. The van der Waals surface area contributed by atoms with Crippen LogP contribution in [0.15, 0.2) is 17.2 Å². The van der Waals surface area contributed by atoms with Crippen LogP contribution in [0, 0.1) is 0 Å². The van der Waals surface area contributed by atoms with E-state index in [-0.39, 0.29) is 11.1 Å². The quantitative estimate of drug-likeness (QED) is 0.890. The first-order valence-electron chi connectivity index (χ1n) is 7.00. The molecular weight excluding hydrogens is 240 g/mol. The number of anilines is 1. The van der Waals surface area contributed by atoms with Crippen molar-refractivity contribution in [1.82, 2.24) is 9.55 Å². The highest BCUT2D eigenvalue weighted by atomic mass is 16.1. The number of hydrogen-bond donors (Lipinski definition) is 1. The topological polar surface area (TPSA) is 64.2 Å². The largest absolute Gasteiger partial charge is 0.348 e. The molecule has 5 heteroatoms. The lowest BCUT2D eigenvalue weighted by molar-refractivity contribution is 0.368. The lowest BCUT2D eigenvalue weighted by Crippen LogP contribution is -2.47. The van der Waals surface area contributed by atoms with Gasteiger partial charge in [-0.15, -0.1) is 0 Å². The van der Waals surface area contributed by atoms with Gasteiger partial charge in [0.1, 0.15) is 0 Å². The molecule has 1 fully saturated rings. The van der Waals surface area contributed by atoms with Crippen LogP contribution < -0.4 is 16.2 Å². The Hall–Kier alpha value is -1.36. The second kappa shape index (κ2) is 5.33. The van der Waals surface area contributed by atoms with Gasteiger partial charge in [0, 0.05) is 37.1 Å².